The Hall–Kier alpha value is -1.17. The molecule has 0 saturated heterocycles. The van der Waals surface area contributed by atoms with Crippen molar-refractivity contribution in [1.29, 1.82) is 0 Å². The molecule has 0 aliphatic carbocycles. The Bertz CT molecular complexity index is 445. The van der Waals surface area contributed by atoms with Crippen molar-refractivity contribution >= 4 is 23.2 Å². The maximum Gasteiger partial charge on any atom is 0.185 e. The quantitative estimate of drug-likeness (QED) is 0.791. The molecule has 0 fully saturated rings. The van der Waals surface area contributed by atoms with E-state index in [1.54, 1.807) is 18.2 Å². The lowest BCUT2D eigenvalue weighted by Gasteiger charge is -2.19. The molecule has 0 amide bonds. The standard InChI is InChI=1S/C13H16O4S/c1-8-3-4-10(6-14)11(5-8)13(17)12(16)7-18-9(2)15/h3-6,12-13,16-17H,7H2,1-2H3. The molecule has 0 aliphatic heterocycles. The summed E-state index contributed by atoms with van der Waals surface area (Å²) in [5, 5.41) is 19.7. The van der Waals surface area contributed by atoms with E-state index in [1.807, 2.05) is 6.92 Å². The number of benzene rings is 1. The Morgan fingerprint density at radius 2 is 2.11 bits per heavy atom. The molecule has 2 atom stereocenters. The highest BCUT2D eigenvalue weighted by atomic mass is 32.2. The van der Waals surface area contributed by atoms with Crippen molar-refractivity contribution in [1.82, 2.24) is 0 Å². The van der Waals surface area contributed by atoms with Gasteiger partial charge in [-0.25, -0.2) is 0 Å². The van der Waals surface area contributed by atoms with Crippen LogP contribution in [-0.4, -0.2) is 33.5 Å². The summed E-state index contributed by atoms with van der Waals surface area (Å²) in [6.07, 6.45) is -1.61. The minimum absolute atomic E-state index is 0.0999. The predicted octanol–water partition coefficient (Wildman–Crippen LogP) is 1.48. The van der Waals surface area contributed by atoms with E-state index in [-0.39, 0.29) is 10.9 Å². The molecule has 0 spiro atoms. The molecule has 0 aromatic heterocycles. The first kappa shape index (κ1) is 14.9. The van der Waals surface area contributed by atoms with Gasteiger partial charge in [0.25, 0.3) is 0 Å². The van der Waals surface area contributed by atoms with E-state index < -0.39 is 12.2 Å². The van der Waals surface area contributed by atoms with Crippen LogP contribution in [0.4, 0.5) is 0 Å². The molecular formula is C13H16O4S. The number of thioether (sulfide) groups is 1. The number of hydrogen-bond donors (Lipinski definition) is 2. The molecule has 1 aromatic rings. The summed E-state index contributed by atoms with van der Waals surface area (Å²) in [5.41, 5.74) is 1.63. The highest BCUT2D eigenvalue weighted by Crippen LogP contribution is 2.23. The minimum Gasteiger partial charge on any atom is -0.389 e. The van der Waals surface area contributed by atoms with Gasteiger partial charge in [-0.05, 0) is 12.5 Å². The van der Waals surface area contributed by atoms with E-state index in [9.17, 15) is 19.8 Å². The van der Waals surface area contributed by atoms with Gasteiger partial charge in [-0.15, -0.1) is 0 Å². The average molecular weight is 268 g/mol. The second-order valence-electron chi connectivity index (χ2n) is 4.06. The number of carbonyl (C=O) groups excluding carboxylic acids is 2. The van der Waals surface area contributed by atoms with E-state index >= 15 is 0 Å². The predicted molar refractivity (Wildman–Crippen MR) is 70.7 cm³/mol. The normalized spacial score (nSPS) is 14.0. The molecule has 0 bridgehead atoms. The third-order valence-electron chi connectivity index (χ3n) is 2.51. The van der Waals surface area contributed by atoms with Gasteiger partial charge in [-0.1, -0.05) is 35.5 Å². The molecular weight excluding hydrogens is 252 g/mol. The molecule has 0 heterocycles. The summed E-state index contributed by atoms with van der Waals surface area (Å²) in [7, 11) is 0. The zero-order valence-electron chi connectivity index (χ0n) is 10.3. The van der Waals surface area contributed by atoms with Crippen molar-refractivity contribution in [2.24, 2.45) is 0 Å². The fourth-order valence-corrected chi connectivity index (χ4v) is 2.15. The van der Waals surface area contributed by atoms with Crippen LogP contribution in [0.5, 0.6) is 0 Å². The van der Waals surface area contributed by atoms with E-state index in [2.05, 4.69) is 0 Å². The Morgan fingerprint density at radius 1 is 1.44 bits per heavy atom. The van der Waals surface area contributed by atoms with Gasteiger partial charge in [-0.2, -0.15) is 0 Å². The van der Waals surface area contributed by atoms with Crippen LogP contribution in [0, 0.1) is 6.92 Å². The van der Waals surface area contributed by atoms with Gasteiger partial charge in [0.2, 0.25) is 0 Å². The average Bonchev–Trinajstić information content (AvgIpc) is 2.34. The van der Waals surface area contributed by atoms with Crippen molar-refractivity contribution in [3.8, 4) is 0 Å². The largest absolute Gasteiger partial charge is 0.389 e. The third-order valence-corrected chi connectivity index (χ3v) is 3.42. The lowest BCUT2D eigenvalue weighted by Crippen LogP contribution is -2.22. The Kier molecular flexibility index (Phi) is 5.53. The highest BCUT2D eigenvalue weighted by Gasteiger charge is 2.21. The Balaban J connectivity index is 2.88. The van der Waals surface area contributed by atoms with Crippen LogP contribution in [-0.2, 0) is 4.79 Å². The van der Waals surface area contributed by atoms with Crippen LogP contribution in [0.15, 0.2) is 18.2 Å². The molecule has 0 aliphatic rings. The van der Waals surface area contributed by atoms with Gasteiger partial charge >= 0.3 is 0 Å². The SMILES string of the molecule is CC(=O)SCC(O)C(O)c1cc(C)ccc1C=O. The van der Waals surface area contributed by atoms with Gasteiger partial charge in [0.05, 0.1) is 6.10 Å². The zero-order valence-corrected chi connectivity index (χ0v) is 11.1. The van der Waals surface area contributed by atoms with Crippen molar-refractivity contribution < 1.29 is 19.8 Å². The van der Waals surface area contributed by atoms with E-state index in [4.69, 9.17) is 0 Å². The topological polar surface area (TPSA) is 74.6 Å². The van der Waals surface area contributed by atoms with Crippen LogP contribution in [0.1, 0.15) is 34.5 Å². The van der Waals surface area contributed by atoms with Crippen molar-refractivity contribution in [3.63, 3.8) is 0 Å². The van der Waals surface area contributed by atoms with Crippen molar-refractivity contribution in [2.75, 3.05) is 5.75 Å². The number of aliphatic hydroxyl groups is 2. The van der Waals surface area contributed by atoms with Gasteiger partial charge in [0, 0.05) is 18.2 Å². The number of rotatable bonds is 5. The van der Waals surface area contributed by atoms with Gasteiger partial charge in [-0.3, -0.25) is 9.59 Å². The molecule has 0 saturated carbocycles. The monoisotopic (exact) mass is 268 g/mol. The fraction of sp³-hybridized carbons (Fsp3) is 0.385. The zero-order chi connectivity index (χ0) is 13.7. The van der Waals surface area contributed by atoms with Gasteiger partial charge < -0.3 is 10.2 Å². The summed E-state index contributed by atoms with van der Waals surface area (Å²) in [6.45, 7) is 3.23. The van der Waals surface area contributed by atoms with Crippen molar-refractivity contribution in [2.45, 2.75) is 26.1 Å². The molecule has 2 N–H and O–H groups in total. The summed E-state index contributed by atoms with van der Waals surface area (Å²) < 4.78 is 0. The number of aldehydes is 1. The molecule has 0 radical (unpaired) electrons. The minimum atomic E-state index is -1.17. The third kappa shape index (κ3) is 3.94. The molecule has 5 heteroatoms. The van der Waals surface area contributed by atoms with E-state index in [0.29, 0.717) is 17.4 Å². The summed E-state index contributed by atoms with van der Waals surface area (Å²) >= 11 is 0.943. The fourth-order valence-electron chi connectivity index (χ4n) is 1.56. The molecule has 98 valence electrons. The second kappa shape index (κ2) is 6.68. The highest BCUT2D eigenvalue weighted by molar-refractivity contribution is 8.13. The Labute approximate surface area is 110 Å². The van der Waals surface area contributed by atoms with Gasteiger partial charge in [0.15, 0.2) is 5.12 Å². The molecule has 18 heavy (non-hydrogen) atoms. The summed E-state index contributed by atoms with van der Waals surface area (Å²) in [4.78, 5) is 21.7. The smallest absolute Gasteiger partial charge is 0.185 e. The molecule has 1 rings (SSSR count). The number of aryl methyl sites for hydroxylation is 1. The van der Waals surface area contributed by atoms with Crippen LogP contribution in [0.3, 0.4) is 0 Å². The lowest BCUT2D eigenvalue weighted by molar-refractivity contribution is -0.109. The first-order valence-electron chi connectivity index (χ1n) is 5.51. The number of carbonyl (C=O) groups is 2. The van der Waals surface area contributed by atoms with Gasteiger partial charge in [0.1, 0.15) is 12.4 Å². The number of aliphatic hydroxyl groups excluding tert-OH is 2. The maximum atomic E-state index is 10.9. The van der Waals surface area contributed by atoms with Crippen LogP contribution >= 0.6 is 11.8 Å². The van der Waals surface area contributed by atoms with E-state index in [1.165, 1.54) is 6.92 Å². The van der Waals surface area contributed by atoms with Crippen LogP contribution in [0.25, 0.3) is 0 Å². The van der Waals surface area contributed by atoms with Crippen LogP contribution in [0.2, 0.25) is 0 Å². The Morgan fingerprint density at radius 3 is 2.67 bits per heavy atom. The second-order valence-corrected chi connectivity index (χ2v) is 5.26. The first-order chi connectivity index (χ1) is 8.45. The first-order valence-corrected chi connectivity index (χ1v) is 6.49. The van der Waals surface area contributed by atoms with E-state index in [0.717, 1.165) is 17.3 Å². The van der Waals surface area contributed by atoms with Crippen molar-refractivity contribution in [3.05, 3.63) is 34.9 Å². The molecule has 2 unspecified atom stereocenters. The molecule has 4 nitrogen and oxygen atoms in total. The molecule has 1 aromatic carbocycles. The summed E-state index contributed by atoms with van der Waals surface area (Å²) in [6, 6.07) is 5.03. The lowest BCUT2D eigenvalue weighted by atomic mass is 9.98. The summed E-state index contributed by atoms with van der Waals surface area (Å²) in [5.74, 6) is 0.0999. The number of hydrogen-bond acceptors (Lipinski definition) is 5. The van der Waals surface area contributed by atoms with Crippen LogP contribution < -0.4 is 0 Å². The maximum absolute atomic E-state index is 10.9.